The predicted molar refractivity (Wildman–Crippen MR) is 630 cm³/mol. The van der Waals surface area contributed by atoms with Crippen molar-refractivity contribution in [1.29, 1.82) is 0 Å². The number of thiophene rings is 2. The summed E-state index contributed by atoms with van der Waals surface area (Å²) in [5.74, 6) is 1.94. The molecule has 0 unspecified atom stereocenters. The van der Waals surface area contributed by atoms with Crippen molar-refractivity contribution < 1.29 is 8.83 Å². The maximum Gasteiger partial charge on any atom is 0.133 e. The first-order chi connectivity index (χ1) is 65.3. The molecule has 0 aliphatic rings. The number of hydrogen-bond donors (Lipinski definition) is 0. The molecule has 12 rings (SSSR count). The highest BCUT2D eigenvalue weighted by atomic mass is 32.1. The first kappa shape index (κ1) is 156. The van der Waals surface area contributed by atoms with Crippen LogP contribution in [-0.2, 0) is 65.0 Å². The van der Waals surface area contributed by atoms with E-state index >= 15 is 0 Å². The Bertz CT molecular complexity index is 3550. The third-order valence-electron chi connectivity index (χ3n) is 16.6. The van der Waals surface area contributed by atoms with Gasteiger partial charge in [-0.1, -0.05) is 434 Å². The van der Waals surface area contributed by atoms with E-state index in [1.54, 1.807) is 86.2 Å². The van der Waals surface area contributed by atoms with E-state index in [9.17, 15) is 0 Å². The van der Waals surface area contributed by atoms with Gasteiger partial charge in [0.15, 0.2) is 0 Å². The largest absolute Gasteiger partial charge is 0.472 e. The first-order valence-corrected chi connectivity index (χ1v) is 53.8. The van der Waals surface area contributed by atoms with Crippen molar-refractivity contribution in [1.82, 2.24) is 65.3 Å². The van der Waals surface area contributed by atoms with Crippen LogP contribution >= 0.6 is 22.7 Å². The average Bonchev–Trinajstić information content (AvgIpc) is 1.86. The maximum absolute atomic E-state index is 5.20. The van der Waals surface area contributed by atoms with Gasteiger partial charge in [0.1, 0.15) is 24.2 Å². The molecule has 0 N–H and O–H groups in total. The van der Waals surface area contributed by atoms with Crippen LogP contribution < -0.4 is 0 Å². The minimum Gasteiger partial charge on any atom is -0.472 e. The van der Waals surface area contributed by atoms with Crippen LogP contribution in [0.15, 0.2) is 246 Å². The molecule has 17 heteroatoms. The zero-order valence-corrected chi connectivity index (χ0v) is 104. The number of hydrogen-bond acceptors (Lipinski definition) is 17. The SMILES string of the molecule is CC.CC.CC.CC.CC.CC.CC.CC.CC.CC.CC.CC.CC(C)(C)c1ccccn1.CC(C)(C)c1cccnc1.CC(C)(C)c1cccnn1.CC(C)(C)c1ccco1.CC(C)(C)c1cccs1.CC(C)(C)c1ccncc1.CC(C)(C)c1ccncn1.CC(C)(C)c1ccnnc1.CC(C)(C)c1ccoc1.CC(C)(C)c1ccsc1.CC(C)(C)c1cncnc1.CC(C)(C)c1ncccn1. The smallest absolute Gasteiger partial charge is 0.133 e. The maximum atomic E-state index is 5.20. The van der Waals surface area contributed by atoms with Crippen molar-refractivity contribution in [2.45, 2.75) is 480 Å². The van der Waals surface area contributed by atoms with Gasteiger partial charge in [0.05, 0.1) is 30.7 Å². The second kappa shape index (κ2) is 89.9. The summed E-state index contributed by atoms with van der Waals surface area (Å²) in [5, 5.41) is 21.8. The van der Waals surface area contributed by atoms with E-state index in [-0.39, 0.29) is 54.1 Å². The lowest BCUT2D eigenvalue weighted by atomic mass is 9.88. The van der Waals surface area contributed by atoms with Crippen molar-refractivity contribution >= 4 is 22.7 Å². The summed E-state index contributed by atoms with van der Waals surface area (Å²) in [5.41, 5.74) is 13.4. The molecule has 0 aliphatic heterocycles. The highest BCUT2D eigenvalue weighted by Gasteiger charge is 2.21. The van der Waals surface area contributed by atoms with Gasteiger partial charge in [-0.3, -0.25) is 15.0 Å². The van der Waals surface area contributed by atoms with Crippen molar-refractivity contribution in [2.75, 3.05) is 0 Å². The third-order valence-corrected chi connectivity index (χ3v) is 18.6. The minimum atomic E-state index is 0.0707. The lowest BCUT2D eigenvalue weighted by Crippen LogP contribution is -2.14. The van der Waals surface area contributed by atoms with Gasteiger partial charge in [0, 0.05) is 118 Å². The van der Waals surface area contributed by atoms with Crippen LogP contribution in [0, 0.1) is 0 Å². The molecule has 0 atom stereocenters. The van der Waals surface area contributed by atoms with E-state index in [1.165, 1.54) is 38.3 Å². The van der Waals surface area contributed by atoms with E-state index in [4.69, 9.17) is 8.83 Å². The van der Waals surface area contributed by atoms with Gasteiger partial charge in [0.2, 0.25) is 0 Å². The van der Waals surface area contributed by atoms with Crippen LogP contribution in [0.4, 0.5) is 0 Å². The van der Waals surface area contributed by atoms with Gasteiger partial charge in [0.25, 0.3) is 0 Å². The van der Waals surface area contributed by atoms with Crippen LogP contribution in [0.1, 0.15) is 482 Å². The molecule has 0 amide bonds. The van der Waals surface area contributed by atoms with Gasteiger partial charge in [-0.2, -0.15) is 31.7 Å². The molecule has 0 radical (unpaired) electrons. The fraction of sp³-hybridized carbons (Fsp3) is 0.585. The summed E-state index contributed by atoms with van der Waals surface area (Å²) in [6, 6.07) is 36.3. The fourth-order valence-electron chi connectivity index (χ4n) is 8.80. The molecule has 12 aromatic heterocycles. The van der Waals surface area contributed by atoms with Crippen LogP contribution in [0.2, 0.25) is 0 Å². The number of nitrogens with zero attached hydrogens (tertiary/aromatic N) is 13. The van der Waals surface area contributed by atoms with E-state index in [0.29, 0.717) is 10.8 Å². The lowest BCUT2D eigenvalue weighted by Gasteiger charge is -2.17. The van der Waals surface area contributed by atoms with Gasteiger partial charge >= 0.3 is 0 Å². The molecule has 140 heavy (non-hydrogen) atoms. The molecule has 12 heterocycles. The highest BCUT2D eigenvalue weighted by molar-refractivity contribution is 7.10. The zero-order chi connectivity index (χ0) is 113. The third kappa shape index (κ3) is 87.8. The summed E-state index contributed by atoms with van der Waals surface area (Å²) >= 11 is 3.60. The molecule has 0 aromatic carbocycles. The highest BCUT2D eigenvalue weighted by Crippen LogP contribution is 2.29. The molecule has 0 bridgehead atoms. The summed E-state index contributed by atoms with van der Waals surface area (Å²) in [6.45, 7) is 126. The van der Waals surface area contributed by atoms with E-state index in [0.717, 1.165) is 28.7 Å². The second-order valence-corrected chi connectivity index (χ2v) is 41.9. The molecular weight excluding hydrogens is 1760 g/mol. The summed E-state index contributed by atoms with van der Waals surface area (Å²) in [6.07, 6.45) is 31.8. The van der Waals surface area contributed by atoms with Crippen LogP contribution in [0.25, 0.3) is 0 Å². The fourth-order valence-corrected chi connectivity index (χ4v) is 10.5. The molecule has 0 fully saturated rings. The Morgan fingerprint density at radius 2 is 0.650 bits per heavy atom. The number of pyridine rings is 3. The number of furan rings is 2. The van der Waals surface area contributed by atoms with Crippen molar-refractivity contribution in [3.8, 4) is 0 Å². The van der Waals surface area contributed by atoms with Crippen molar-refractivity contribution in [3.63, 3.8) is 0 Å². The Morgan fingerprint density at radius 3 is 0.879 bits per heavy atom. The average molecular weight is 1980 g/mol. The van der Waals surface area contributed by atoms with Crippen molar-refractivity contribution in [2.24, 2.45) is 0 Å². The Morgan fingerprint density at radius 1 is 0.229 bits per heavy atom. The van der Waals surface area contributed by atoms with Gasteiger partial charge < -0.3 is 8.83 Å². The molecule has 0 saturated heterocycles. The summed E-state index contributed by atoms with van der Waals surface area (Å²) in [7, 11) is 0. The lowest BCUT2D eigenvalue weighted by molar-refractivity contribution is 0.409. The normalized spacial score (nSPS) is 10.1. The molecule has 0 aliphatic carbocycles. The Balaban J connectivity index is -0.000000125. The molecular formula is C123H219N13O2S2. The summed E-state index contributed by atoms with van der Waals surface area (Å²) in [4.78, 5) is 37.9. The van der Waals surface area contributed by atoms with Crippen LogP contribution in [-0.4, -0.2) is 65.3 Å². The summed E-state index contributed by atoms with van der Waals surface area (Å²) < 4.78 is 10.1. The number of rotatable bonds is 0. The van der Waals surface area contributed by atoms with Gasteiger partial charge in [-0.05, 0) is 178 Å². The Kier molecular flexibility index (Phi) is 100. The standard InChI is InChI=1S/3C9H13N.5C8H12N2.2C8H12O.2C8H12S.12C2H6/c1-9(2,3)8-4-6-10-7-5-8;1-9(2,3)8-5-4-6-10-7-8;1-9(2,3)8-6-4-5-7-10-8;1-8(2,3)7-4-9-6-10-5-7;1-8(2,3)7-4-5-9-6-10-7;1-8(2,3)7-4-5-9-10-6-7;1-8(2,3)7-9-5-4-6-10-7;1-8(2,3)7-5-4-6-9-10-7;1-8(2,3)7-4-5-9-6-7;1-8(2,3)7-5-4-6-9-7;1-8(2,3)7-4-5-9-6-7;1-8(2,3)7-5-4-6-9-7;12*1-2/h3*4-7H,1-3H3;5*4-6H,1-3H3;4*4-6H,1-3H3;12*1-2H3. The molecule has 800 valence electrons. The van der Waals surface area contributed by atoms with Gasteiger partial charge in [-0.25, -0.2) is 29.9 Å². The number of aromatic nitrogens is 13. The quantitative estimate of drug-likeness (QED) is 0.139. The Labute approximate surface area is 875 Å². The molecule has 0 saturated carbocycles. The monoisotopic (exact) mass is 1970 g/mol. The van der Waals surface area contributed by atoms with Crippen molar-refractivity contribution in [3.05, 3.63) is 304 Å². The van der Waals surface area contributed by atoms with E-state index < -0.39 is 0 Å². The van der Waals surface area contributed by atoms with Crippen LogP contribution in [0.3, 0.4) is 0 Å². The van der Waals surface area contributed by atoms with E-state index in [2.05, 4.69) is 373 Å². The molecule has 12 aromatic rings. The molecule has 15 nitrogen and oxygen atoms in total. The van der Waals surface area contributed by atoms with E-state index in [1.807, 2.05) is 281 Å². The first-order valence-electron chi connectivity index (χ1n) is 52.0. The Hall–Kier alpha value is -9.19. The predicted octanol–water partition coefficient (Wildman–Crippen LogP) is 39.6. The molecule has 0 spiro atoms. The van der Waals surface area contributed by atoms with Crippen LogP contribution in [0.5, 0.6) is 0 Å². The minimum absolute atomic E-state index is 0.0707. The second-order valence-electron chi connectivity index (χ2n) is 40.2. The topological polar surface area (TPSA) is 194 Å². The van der Waals surface area contributed by atoms with Gasteiger partial charge in [-0.15, -0.1) is 11.3 Å². The zero-order valence-electron chi connectivity index (χ0n) is 102.